The van der Waals surface area contributed by atoms with Crippen LogP contribution in [0.1, 0.15) is 6.92 Å². The molecule has 11 heteroatoms. The standard InChI is InChI=1S/C8H17O10P/c1-2-15-19(13,14)18-17-8-7(12)6(11)5(10)4(3-9)16-8/h4-12H,2-3H2,1H3,(H,13,14)/t4-,5-,6+,7-,8-/m1/s1. The lowest BCUT2D eigenvalue weighted by Gasteiger charge is -2.38. The summed E-state index contributed by atoms with van der Waals surface area (Å²) in [6.07, 6.45) is -7.86. The van der Waals surface area contributed by atoms with Gasteiger partial charge >= 0.3 is 7.82 Å². The first kappa shape index (κ1) is 16.9. The zero-order chi connectivity index (χ0) is 14.6. The van der Waals surface area contributed by atoms with Crippen LogP contribution in [0.5, 0.6) is 0 Å². The van der Waals surface area contributed by atoms with Gasteiger partial charge in [-0.2, -0.15) is 4.89 Å². The molecule has 5 N–H and O–H groups in total. The minimum absolute atomic E-state index is 0.119. The molecule has 0 bridgehead atoms. The van der Waals surface area contributed by atoms with Crippen molar-refractivity contribution in [1.82, 2.24) is 0 Å². The highest BCUT2D eigenvalue weighted by molar-refractivity contribution is 7.47. The number of aliphatic hydroxyl groups excluding tert-OH is 4. The molecule has 1 aliphatic rings. The zero-order valence-corrected chi connectivity index (χ0v) is 10.9. The van der Waals surface area contributed by atoms with Gasteiger partial charge in [-0.25, -0.2) is 4.57 Å². The zero-order valence-electron chi connectivity index (χ0n) is 10.0. The van der Waals surface area contributed by atoms with E-state index in [-0.39, 0.29) is 6.61 Å². The van der Waals surface area contributed by atoms with Crippen molar-refractivity contribution in [3.63, 3.8) is 0 Å². The lowest BCUT2D eigenvalue weighted by molar-refractivity contribution is -0.392. The molecule has 0 radical (unpaired) electrons. The highest BCUT2D eigenvalue weighted by atomic mass is 31.2. The largest absolute Gasteiger partial charge is 0.499 e. The van der Waals surface area contributed by atoms with E-state index in [1.54, 1.807) is 0 Å². The van der Waals surface area contributed by atoms with Crippen molar-refractivity contribution in [1.29, 1.82) is 0 Å². The third-order valence-electron chi connectivity index (χ3n) is 2.37. The van der Waals surface area contributed by atoms with E-state index in [1.807, 2.05) is 0 Å². The molecule has 6 atom stereocenters. The van der Waals surface area contributed by atoms with Crippen molar-refractivity contribution >= 4 is 7.82 Å². The molecule has 0 saturated carbocycles. The lowest BCUT2D eigenvalue weighted by atomic mass is 9.99. The topological polar surface area (TPSA) is 155 Å². The van der Waals surface area contributed by atoms with Gasteiger partial charge in [0.05, 0.1) is 13.2 Å². The molecular formula is C8H17O10P. The smallest absolute Gasteiger partial charge is 0.394 e. The summed E-state index contributed by atoms with van der Waals surface area (Å²) >= 11 is 0. The average molecular weight is 304 g/mol. The van der Waals surface area contributed by atoms with Crippen molar-refractivity contribution in [3.8, 4) is 0 Å². The van der Waals surface area contributed by atoms with E-state index in [0.29, 0.717) is 0 Å². The van der Waals surface area contributed by atoms with Gasteiger partial charge in [0.1, 0.15) is 24.4 Å². The Hall–Kier alpha value is -0.130. The molecule has 0 aromatic rings. The third kappa shape index (κ3) is 4.43. The number of hydrogen-bond donors (Lipinski definition) is 5. The highest BCUT2D eigenvalue weighted by Crippen LogP contribution is 2.44. The molecule has 1 unspecified atom stereocenters. The summed E-state index contributed by atoms with van der Waals surface area (Å²) in [5, 5.41) is 37.3. The van der Waals surface area contributed by atoms with Crippen LogP contribution in [0.2, 0.25) is 0 Å². The van der Waals surface area contributed by atoms with Gasteiger partial charge in [0.2, 0.25) is 6.29 Å². The van der Waals surface area contributed by atoms with Crippen LogP contribution in [0.25, 0.3) is 0 Å². The van der Waals surface area contributed by atoms with Crippen LogP contribution >= 0.6 is 7.82 Å². The summed E-state index contributed by atoms with van der Waals surface area (Å²) in [6, 6.07) is 0. The van der Waals surface area contributed by atoms with E-state index >= 15 is 0 Å². The van der Waals surface area contributed by atoms with Crippen molar-refractivity contribution in [2.24, 2.45) is 0 Å². The minimum atomic E-state index is -4.47. The number of phosphoric ester groups is 1. The van der Waals surface area contributed by atoms with Gasteiger partial charge < -0.3 is 30.1 Å². The minimum Gasteiger partial charge on any atom is -0.394 e. The van der Waals surface area contributed by atoms with Crippen LogP contribution in [0.3, 0.4) is 0 Å². The second kappa shape index (κ2) is 7.04. The third-order valence-corrected chi connectivity index (χ3v) is 3.23. The van der Waals surface area contributed by atoms with Crippen molar-refractivity contribution < 1.29 is 48.7 Å². The monoisotopic (exact) mass is 304 g/mol. The Labute approximate surface area is 108 Å². The van der Waals surface area contributed by atoms with Crippen molar-refractivity contribution in [2.45, 2.75) is 37.6 Å². The van der Waals surface area contributed by atoms with E-state index in [4.69, 9.17) is 14.7 Å². The number of rotatable bonds is 6. The van der Waals surface area contributed by atoms with Gasteiger partial charge in [0, 0.05) is 0 Å². The van der Waals surface area contributed by atoms with Crippen LogP contribution in [0.4, 0.5) is 0 Å². The summed E-state index contributed by atoms with van der Waals surface area (Å²) in [6.45, 7) is 0.666. The number of aliphatic hydroxyl groups is 4. The Morgan fingerprint density at radius 3 is 2.37 bits per heavy atom. The number of phosphoric acid groups is 1. The summed E-state index contributed by atoms with van der Waals surface area (Å²) in [5.74, 6) is 0. The molecule has 0 aliphatic carbocycles. The Morgan fingerprint density at radius 1 is 1.21 bits per heavy atom. The molecule has 1 aliphatic heterocycles. The maximum absolute atomic E-state index is 11.1. The second-order valence-electron chi connectivity index (χ2n) is 3.75. The maximum atomic E-state index is 11.1. The van der Waals surface area contributed by atoms with E-state index in [1.165, 1.54) is 6.92 Å². The Morgan fingerprint density at radius 2 is 1.84 bits per heavy atom. The molecule has 114 valence electrons. The van der Waals surface area contributed by atoms with Crippen LogP contribution in [0, 0.1) is 0 Å². The van der Waals surface area contributed by atoms with E-state index in [2.05, 4.69) is 14.1 Å². The average Bonchev–Trinajstić information content (AvgIpc) is 2.35. The maximum Gasteiger partial charge on any atom is 0.499 e. The fourth-order valence-electron chi connectivity index (χ4n) is 1.43. The van der Waals surface area contributed by atoms with Gasteiger partial charge in [-0.15, -0.1) is 4.67 Å². The SMILES string of the molecule is CCOP(=O)(O)OO[C@H]1O[C@H](CO)[C@@H](O)[C@H](O)[C@H]1O. The fourth-order valence-corrected chi connectivity index (χ4v) is 1.99. The van der Waals surface area contributed by atoms with Gasteiger partial charge in [-0.3, -0.25) is 4.52 Å². The molecule has 0 amide bonds. The Kier molecular flexibility index (Phi) is 6.27. The lowest BCUT2D eigenvalue weighted by Crippen LogP contribution is -2.59. The summed E-state index contributed by atoms with van der Waals surface area (Å²) in [7, 11) is -4.47. The van der Waals surface area contributed by atoms with Gasteiger partial charge in [-0.05, 0) is 6.92 Å². The molecule has 1 fully saturated rings. The number of ether oxygens (including phenoxy) is 1. The molecule has 0 aromatic carbocycles. The molecular weight excluding hydrogens is 287 g/mol. The predicted octanol–water partition coefficient (Wildman–Crippen LogP) is -2.13. The first-order valence-electron chi connectivity index (χ1n) is 5.45. The Balaban J connectivity index is 2.60. The van der Waals surface area contributed by atoms with Crippen molar-refractivity contribution in [3.05, 3.63) is 0 Å². The van der Waals surface area contributed by atoms with Gasteiger partial charge in [-0.1, -0.05) is 0 Å². The molecule has 0 spiro atoms. The van der Waals surface area contributed by atoms with Crippen LogP contribution < -0.4 is 0 Å². The quantitative estimate of drug-likeness (QED) is 0.209. The molecule has 19 heavy (non-hydrogen) atoms. The van der Waals surface area contributed by atoms with Crippen LogP contribution in [0.15, 0.2) is 0 Å². The van der Waals surface area contributed by atoms with Gasteiger partial charge in [0.15, 0.2) is 0 Å². The van der Waals surface area contributed by atoms with E-state index < -0.39 is 45.1 Å². The van der Waals surface area contributed by atoms with Crippen LogP contribution in [-0.2, 0) is 23.4 Å². The number of hydrogen-bond acceptors (Lipinski definition) is 9. The fraction of sp³-hybridized carbons (Fsp3) is 1.00. The molecule has 1 rings (SSSR count). The first-order chi connectivity index (χ1) is 8.82. The predicted molar refractivity (Wildman–Crippen MR) is 57.4 cm³/mol. The van der Waals surface area contributed by atoms with Crippen LogP contribution in [-0.4, -0.2) is 69.2 Å². The van der Waals surface area contributed by atoms with Crippen molar-refractivity contribution in [2.75, 3.05) is 13.2 Å². The molecule has 0 aromatic heterocycles. The second-order valence-corrected chi connectivity index (χ2v) is 5.10. The highest BCUT2D eigenvalue weighted by Gasteiger charge is 2.45. The van der Waals surface area contributed by atoms with E-state index in [9.17, 15) is 19.9 Å². The van der Waals surface area contributed by atoms with E-state index in [0.717, 1.165) is 0 Å². The first-order valence-corrected chi connectivity index (χ1v) is 6.95. The Bertz CT molecular complexity index is 323. The summed E-state index contributed by atoms with van der Waals surface area (Å²) in [4.78, 5) is 13.4. The molecule has 1 saturated heterocycles. The normalized spacial score (nSPS) is 38.9. The summed E-state index contributed by atoms with van der Waals surface area (Å²) < 4.78 is 24.4. The molecule has 10 nitrogen and oxygen atoms in total. The van der Waals surface area contributed by atoms with Gasteiger partial charge in [0.25, 0.3) is 0 Å². The molecule has 1 heterocycles. The summed E-state index contributed by atoms with van der Waals surface area (Å²) in [5.41, 5.74) is 0.